The molecule has 0 saturated heterocycles. The third-order valence-corrected chi connectivity index (χ3v) is 13.0. The van der Waals surface area contributed by atoms with Crippen molar-refractivity contribution in [1.82, 2.24) is 15.0 Å². The topological polar surface area (TPSA) is 51.8 Å². The molecule has 0 bridgehead atoms. The number of benzene rings is 9. The fourth-order valence-corrected chi connectivity index (χ4v) is 10.3. The maximum Gasteiger partial charge on any atom is 0.164 e. The minimum absolute atomic E-state index is 0.356. The van der Waals surface area contributed by atoms with E-state index in [1.807, 2.05) is 48.5 Å². The van der Waals surface area contributed by atoms with Gasteiger partial charge >= 0.3 is 0 Å². The summed E-state index contributed by atoms with van der Waals surface area (Å²) in [5.74, 6) is 1.83. The highest BCUT2D eigenvalue weighted by Gasteiger charge is 2.51. The van der Waals surface area contributed by atoms with Gasteiger partial charge in [-0.05, 0) is 73.3 Å². The van der Waals surface area contributed by atoms with E-state index in [1.54, 1.807) is 0 Å². The molecule has 9 aromatic carbocycles. The van der Waals surface area contributed by atoms with E-state index < -0.39 is 0 Å². The van der Waals surface area contributed by atoms with Crippen LogP contribution >= 0.6 is 0 Å². The van der Waals surface area contributed by atoms with E-state index in [4.69, 9.17) is 19.4 Å². The normalized spacial score (nSPS) is 13.0. The van der Waals surface area contributed by atoms with Crippen LogP contribution in [0, 0.1) is 0 Å². The van der Waals surface area contributed by atoms with Crippen molar-refractivity contribution in [3.8, 4) is 78.7 Å². The van der Waals surface area contributed by atoms with Gasteiger partial charge in [-0.25, -0.2) is 15.0 Å². The molecule has 1 spiro atoms. The molecule has 0 atom stereocenters. The molecule has 0 saturated carbocycles. The van der Waals surface area contributed by atoms with Gasteiger partial charge in [0, 0.05) is 33.0 Å². The van der Waals surface area contributed by atoms with Gasteiger partial charge in [0.2, 0.25) is 0 Å². The second-order valence-electron chi connectivity index (χ2n) is 16.2. The molecule has 0 aliphatic heterocycles. The molecule has 62 heavy (non-hydrogen) atoms. The molecule has 0 unspecified atom stereocenters. The van der Waals surface area contributed by atoms with E-state index in [0.29, 0.717) is 17.5 Å². The summed E-state index contributed by atoms with van der Waals surface area (Å²) in [7, 11) is 0. The predicted octanol–water partition coefficient (Wildman–Crippen LogP) is 14.4. The highest BCUT2D eigenvalue weighted by molar-refractivity contribution is 6.10. The Kier molecular flexibility index (Phi) is 7.49. The first-order chi connectivity index (χ1) is 30.7. The van der Waals surface area contributed by atoms with Crippen LogP contribution in [0.4, 0.5) is 0 Å². The number of aromatic nitrogens is 3. The lowest BCUT2D eigenvalue weighted by Crippen LogP contribution is -2.25. The lowest BCUT2D eigenvalue weighted by atomic mass is 9.70. The Morgan fingerprint density at radius 2 is 0.758 bits per heavy atom. The fourth-order valence-electron chi connectivity index (χ4n) is 10.3. The van der Waals surface area contributed by atoms with Gasteiger partial charge in [-0.15, -0.1) is 0 Å². The second kappa shape index (κ2) is 13.4. The maximum absolute atomic E-state index is 6.50. The highest BCUT2D eigenvalue weighted by atomic mass is 16.3. The summed E-state index contributed by atoms with van der Waals surface area (Å²) in [4.78, 5) is 15.4. The largest absolute Gasteiger partial charge is 0.455 e. The SMILES string of the molecule is c1ccc(-c2nc(-c3ccc(-c4ccc5c(c4)-c4ccccc4C54c5ccccc5-c5ccccc54)cc3)nc(-c3ccccc3-c3cccc4c3oc3ccccc34)n2)cc1. The Balaban J connectivity index is 0.923. The molecular weight excluding hydrogens is 755 g/mol. The zero-order valence-corrected chi connectivity index (χ0v) is 33.5. The summed E-state index contributed by atoms with van der Waals surface area (Å²) in [6.07, 6.45) is 0. The number of nitrogens with zero attached hydrogens (tertiary/aromatic N) is 3. The van der Waals surface area contributed by atoms with Gasteiger partial charge in [0.25, 0.3) is 0 Å². The summed E-state index contributed by atoms with van der Waals surface area (Å²) in [5.41, 5.74) is 18.9. The van der Waals surface area contributed by atoms with Crippen molar-refractivity contribution in [3.63, 3.8) is 0 Å². The number of hydrogen-bond acceptors (Lipinski definition) is 4. The van der Waals surface area contributed by atoms with Gasteiger partial charge in [0.15, 0.2) is 17.5 Å². The van der Waals surface area contributed by atoms with Crippen molar-refractivity contribution in [2.75, 3.05) is 0 Å². The summed E-state index contributed by atoms with van der Waals surface area (Å²) in [5, 5.41) is 2.17. The van der Waals surface area contributed by atoms with Gasteiger partial charge in [-0.2, -0.15) is 0 Å². The van der Waals surface area contributed by atoms with Gasteiger partial charge in [-0.1, -0.05) is 200 Å². The number of para-hydroxylation sites is 2. The van der Waals surface area contributed by atoms with Crippen LogP contribution in [0.25, 0.3) is 101 Å². The van der Waals surface area contributed by atoms with Crippen LogP contribution in [-0.4, -0.2) is 15.0 Å². The van der Waals surface area contributed by atoms with E-state index in [1.165, 1.54) is 44.5 Å². The Hall–Kier alpha value is -8.21. The molecular formula is C58H35N3O. The third-order valence-electron chi connectivity index (χ3n) is 13.0. The Labute approximate surface area is 358 Å². The van der Waals surface area contributed by atoms with Gasteiger partial charge in [-0.3, -0.25) is 0 Å². The van der Waals surface area contributed by atoms with Crippen molar-refractivity contribution in [2.24, 2.45) is 0 Å². The zero-order chi connectivity index (χ0) is 40.8. The predicted molar refractivity (Wildman–Crippen MR) is 251 cm³/mol. The summed E-state index contributed by atoms with van der Waals surface area (Å²) >= 11 is 0. The van der Waals surface area contributed by atoms with Crippen molar-refractivity contribution >= 4 is 21.9 Å². The molecule has 2 heterocycles. The highest BCUT2D eigenvalue weighted by Crippen LogP contribution is 2.63. The molecule has 0 fully saturated rings. The van der Waals surface area contributed by atoms with Crippen LogP contribution in [0.1, 0.15) is 22.3 Å². The number of fused-ring (bicyclic) bond motifs is 13. The Morgan fingerprint density at radius 3 is 1.45 bits per heavy atom. The van der Waals surface area contributed by atoms with Crippen LogP contribution in [0.3, 0.4) is 0 Å². The number of rotatable bonds is 5. The molecule has 288 valence electrons. The van der Waals surface area contributed by atoms with Crippen LogP contribution in [0.15, 0.2) is 217 Å². The third kappa shape index (κ3) is 4.98. The zero-order valence-electron chi connectivity index (χ0n) is 33.5. The van der Waals surface area contributed by atoms with E-state index >= 15 is 0 Å². The van der Waals surface area contributed by atoms with Gasteiger partial charge < -0.3 is 4.42 Å². The number of hydrogen-bond donors (Lipinski definition) is 0. The second-order valence-corrected chi connectivity index (χ2v) is 16.2. The van der Waals surface area contributed by atoms with Crippen molar-refractivity contribution in [1.29, 1.82) is 0 Å². The van der Waals surface area contributed by atoms with E-state index in [9.17, 15) is 0 Å². The molecule has 2 aromatic heterocycles. The molecule has 4 heteroatoms. The summed E-state index contributed by atoms with van der Waals surface area (Å²) < 4.78 is 6.50. The lowest BCUT2D eigenvalue weighted by Gasteiger charge is -2.30. The maximum atomic E-state index is 6.50. The molecule has 2 aliphatic carbocycles. The van der Waals surface area contributed by atoms with Crippen molar-refractivity contribution in [2.45, 2.75) is 5.41 Å². The monoisotopic (exact) mass is 789 g/mol. The minimum atomic E-state index is -0.356. The molecule has 0 amide bonds. The molecule has 13 rings (SSSR count). The molecule has 0 radical (unpaired) electrons. The molecule has 0 N–H and O–H groups in total. The standard InChI is InChI=1S/C58H35N3O/c1-2-15-37(16-3-1)55-59-56(61-57(60-55)47-22-5-4-17-40(47)45-23-14-24-46-44-21-9-13-28-53(44)62-54(45)46)38-31-29-36(30-32-38)39-33-34-52-48(35-39)43-20-8-12-27-51(43)58(52)49-25-10-6-18-41(49)42-19-7-11-26-50(42)58/h1-35H. The van der Waals surface area contributed by atoms with Crippen molar-refractivity contribution < 1.29 is 4.42 Å². The Morgan fingerprint density at radius 1 is 0.290 bits per heavy atom. The summed E-state index contributed by atoms with van der Waals surface area (Å²) in [6, 6.07) is 75.5. The van der Waals surface area contributed by atoms with E-state index in [-0.39, 0.29) is 5.41 Å². The average molecular weight is 790 g/mol. The van der Waals surface area contributed by atoms with Crippen LogP contribution in [-0.2, 0) is 5.41 Å². The average Bonchev–Trinajstić information content (AvgIpc) is 3.98. The lowest BCUT2D eigenvalue weighted by molar-refractivity contribution is 0.670. The van der Waals surface area contributed by atoms with Crippen LogP contribution in [0.5, 0.6) is 0 Å². The van der Waals surface area contributed by atoms with Crippen LogP contribution < -0.4 is 0 Å². The van der Waals surface area contributed by atoms with Gasteiger partial charge in [0.1, 0.15) is 11.2 Å². The van der Waals surface area contributed by atoms with Crippen molar-refractivity contribution in [3.05, 3.63) is 235 Å². The van der Waals surface area contributed by atoms with E-state index in [0.717, 1.165) is 60.9 Å². The first-order valence-electron chi connectivity index (χ1n) is 21.1. The Bertz CT molecular complexity index is 3540. The molecule has 4 nitrogen and oxygen atoms in total. The fraction of sp³-hybridized carbons (Fsp3) is 0.0172. The van der Waals surface area contributed by atoms with Crippen LogP contribution in [0.2, 0.25) is 0 Å². The first kappa shape index (κ1) is 34.6. The smallest absolute Gasteiger partial charge is 0.164 e. The first-order valence-corrected chi connectivity index (χ1v) is 21.1. The van der Waals surface area contributed by atoms with Gasteiger partial charge in [0.05, 0.1) is 5.41 Å². The molecule has 11 aromatic rings. The minimum Gasteiger partial charge on any atom is -0.455 e. The van der Waals surface area contributed by atoms with E-state index in [2.05, 4.69) is 164 Å². The number of furan rings is 1. The summed E-state index contributed by atoms with van der Waals surface area (Å²) in [6.45, 7) is 0. The quantitative estimate of drug-likeness (QED) is 0.174. The molecule has 2 aliphatic rings.